The van der Waals surface area contributed by atoms with Crippen molar-refractivity contribution in [2.24, 2.45) is 0 Å². The molecule has 0 nitrogen and oxygen atoms in total. The standard InChI is InChI=1S/Li.2Mn.Ni. The maximum Gasteiger partial charge on any atom is 0 e. The summed E-state index contributed by atoms with van der Waals surface area (Å²) in [7, 11) is 0. The third kappa shape index (κ3) is 8.92. The summed E-state index contributed by atoms with van der Waals surface area (Å²) in [5, 5.41) is 0. The molecule has 0 unspecified atom stereocenters. The average Bonchev–Trinajstić information content (AvgIpc) is 0. The molecule has 0 atom stereocenters. The van der Waals surface area contributed by atoms with Gasteiger partial charge in [0.25, 0.3) is 0 Å². The fourth-order valence-corrected chi connectivity index (χ4v) is 0. The molecule has 0 bridgehead atoms. The fraction of sp³-hybridized carbons (Fsp3) is 0. The Bertz CT molecular complexity index is 6.00. The normalized spacial score (nSPS) is 0. The van der Waals surface area contributed by atoms with E-state index in [4.69, 9.17) is 0 Å². The van der Waals surface area contributed by atoms with Crippen LogP contribution in [0, 0.1) is 0 Å². The van der Waals surface area contributed by atoms with E-state index < -0.39 is 0 Å². The molecular weight excluding hydrogens is 176 g/mol. The van der Waals surface area contributed by atoms with Crippen LogP contribution in [0.1, 0.15) is 0 Å². The van der Waals surface area contributed by atoms with E-state index in [1.165, 1.54) is 0 Å². The Kier molecular flexibility index (Phi) is 171. The minimum absolute atomic E-state index is 0. The van der Waals surface area contributed by atoms with Crippen molar-refractivity contribution in [2.75, 3.05) is 0 Å². The summed E-state index contributed by atoms with van der Waals surface area (Å²) < 4.78 is 0. The molecular formula is LiMn2Ni. The Morgan fingerprint density at radius 1 is 0.750 bits per heavy atom. The van der Waals surface area contributed by atoms with E-state index in [0.29, 0.717) is 0 Å². The molecule has 0 aromatic carbocycles. The van der Waals surface area contributed by atoms with Crippen LogP contribution in [0.4, 0.5) is 0 Å². The first-order chi connectivity index (χ1) is 0. The van der Waals surface area contributed by atoms with Crippen molar-refractivity contribution in [3.8, 4) is 0 Å². The number of hydrogen-bond donors (Lipinski definition) is 0. The molecule has 0 spiro atoms. The van der Waals surface area contributed by atoms with Crippen LogP contribution in [-0.2, 0) is 50.6 Å². The molecule has 0 aliphatic rings. The second-order valence-corrected chi connectivity index (χ2v) is 0. The first-order valence-electron chi connectivity index (χ1n) is 0. The second-order valence-electron chi connectivity index (χ2n) is 0. The Labute approximate surface area is 68.9 Å². The maximum absolute atomic E-state index is 0. The van der Waals surface area contributed by atoms with Crippen molar-refractivity contribution < 1.29 is 50.6 Å². The van der Waals surface area contributed by atoms with Crippen molar-refractivity contribution in [2.45, 2.75) is 0 Å². The molecule has 4 heavy (non-hydrogen) atoms. The third-order valence-corrected chi connectivity index (χ3v) is 0. The van der Waals surface area contributed by atoms with Crippen LogP contribution in [0.25, 0.3) is 0 Å². The molecule has 0 aromatic rings. The quantitative estimate of drug-likeness (QED) is 0.440. The first-order valence-corrected chi connectivity index (χ1v) is 0. The molecule has 0 saturated heterocycles. The number of hydrogen-bond acceptors (Lipinski definition) is 0. The second kappa shape index (κ2) is 19.3. The van der Waals surface area contributed by atoms with E-state index in [1.54, 1.807) is 0 Å². The molecule has 3 radical (unpaired) electrons. The van der Waals surface area contributed by atoms with Gasteiger partial charge in [-0.2, -0.15) is 0 Å². The Morgan fingerprint density at radius 3 is 0.750 bits per heavy atom. The molecule has 0 rings (SSSR count). The minimum atomic E-state index is 0. The van der Waals surface area contributed by atoms with Gasteiger partial charge in [0.1, 0.15) is 0 Å². The minimum Gasteiger partial charge on any atom is 0 e. The molecule has 0 heterocycles. The van der Waals surface area contributed by atoms with Gasteiger partial charge in [-0.25, -0.2) is 0 Å². The van der Waals surface area contributed by atoms with Crippen molar-refractivity contribution in [3.05, 3.63) is 0 Å². The van der Waals surface area contributed by atoms with E-state index in [1.807, 2.05) is 0 Å². The molecule has 0 aliphatic carbocycles. The van der Waals surface area contributed by atoms with Gasteiger partial charge in [-0.15, -0.1) is 0 Å². The molecule has 0 fully saturated rings. The van der Waals surface area contributed by atoms with Crippen LogP contribution < -0.4 is 0 Å². The molecule has 0 amide bonds. The van der Waals surface area contributed by atoms with Gasteiger partial charge in [0.05, 0.1) is 0 Å². The predicted octanol–water partition coefficient (Wildman–Crippen LogP) is -0.388. The predicted molar refractivity (Wildman–Crippen MR) is 5.75 cm³/mol. The summed E-state index contributed by atoms with van der Waals surface area (Å²) in [5.41, 5.74) is 0. The van der Waals surface area contributed by atoms with Gasteiger partial charge >= 0.3 is 0 Å². The first kappa shape index (κ1) is 35.6. The van der Waals surface area contributed by atoms with Crippen molar-refractivity contribution in [1.82, 2.24) is 0 Å². The zero-order valence-corrected chi connectivity index (χ0v) is 5.42. The molecule has 25 valence electrons. The van der Waals surface area contributed by atoms with Crippen LogP contribution in [0.3, 0.4) is 0 Å². The van der Waals surface area contributed by atoms with Crippen molar-refractivity contribution >= 4 is 18.9 Å². The summed E-state index contributed by atoms with van der Waals surface area (Å²) in [6, 6.07) is 0. The van der Waals surface area contributed by atoms with Crippen LogP contribution >= 0.6 is 0 Å². The largest absolute Gasteiger partial charge is 0 e. The van der Waals surface area contributed by atoms with Gasteiger partial charge < -0.3 is 0 Å². The Morgan fingerprint density at radius 2 is 0.750 bits per heavy atom. The number of rotatable bonds is 0. The van der Waals surface area contributed by atoms with E-state index in [2.05, 4.69) is 0 Å². The van der Waals surface area contributed by atoms with Crippen LogP contribution in [-0.4, -0.2) is 18.9 Å². The van der Waals surface area contributed by atoms with Crippen LogP contribution in [0.2, 0.25) is 0 Å². The van der Waals surface area contributed by atoms with E-state index in [9.17, 15) is 0 Å². The van der Waals surface area contributed by atoms with E-state index in [-0.39, 0.29) is 69.5 Å². The average molecular weight is 176 g/mol. The van der Waals surface area contributed by atoms with Crippen molar-refractivity contribution in [3.63, 3.8) is 0 Å². The van der Waals surface area contributed by atoms with Gasteiger partial charge in [-0.1, -0.05) is 0 Å². The molecule has 0 saturated carbocycles. The Balaban J connectivity index is 0. The maximum atomic E-state index is 0. The van der Waals surface area contributed by atoms with Gasteiger partial charge in [-0.05, 0) is 0 Å². The van der Waals surface area contributed by atoms with Crippen LogP contribution in [0.5, 0.6) is 0 Å². The van der Waals surface area contributed by atoms with Gasteiger partial charge in [-0.3, -0.25) is 0 Å². The SMILES string of the molecule is [Li].[Mn].[Mn].[Ni]. The zero-order chi connectivity index (χ0) is 0. The van der Waals surface area contributed by atoms with Crippen molar-refractivity contribution in [1.29, 1.82) is 0 Å². The molecule has 0 aliphatic heterocycles. The van der Waals surface area contributed by atoms with E-state index in [0.717, 1.165) is 0 Å². The Hall–Kier alpha value is 2.13. The molecule has 4 heteroatoms. The summed E-state index contributed by atoms with van der Waals surface area (Å²) in [4.78, 5) is 0. The van der Waals surface area contributed by atoms with Gasteiger partial charge in [0.2, 0.25) is 0 Å². The van der Waals surface area contributed by atoms with Gasteiger partial charge in [0, 0.05) is 69.5 Å². The fourth-order valence-electron chi connectivity index (χ4n) is 0. The smallest absolute Gasteiger partial charge is 0 e. The zero-order valence-electron chi connectivity index (χ0n) is 2.07. The molecule has 0 N–H and O–H groups in total. The van der Waals surface area contributed by atoms with E-state index >= 15 is 0 Å². The summed E-state index contributed by atoms with van der Waals surface area (Å²) >= 11 is 0. The summed E-state index contributed by atoms with van der Waals surface area (Å²) in [6.07, 6.45) is 0. The monoisotopic (exact) mass is 175 g/mol. The van der Waals surface area contributed by atoms with Gasteiger partial charge in [0.15, 0.2) is 0 Å². The summed E-state index contributed by atoms with van der Waals surface area (Å²) in [6.45, 7) is 0. The van der Waals surface area contributed by atoms with Crippen LogP contribution in [0.15, 0.2) is 0 Å². The third-order valence-electron chi connectivity index (χ3n) is 0. The topological polar surface area (TPSA) is 0 Å². The molecule has 0 aromatic heterocycles. The summed E-state index contributed by atoms with van der Waals surface area (Å²) in [5.74, 6) is 0.